The average Bonchev–Trinajstić information content (AvgIpc) is 3.80. The van der Waals surface area contributed by atoms with Crippen LogP contribution in [0.2, 0.25) is 0 Å². The van der Waals surface area contributed by atoms with Gasteiger partial charge in [0.15, 0.2) is 30.4 Å². The van der Waals surface area contributed by atoms with E-state index in [0.29, 0.717) is 36.9 Å². The number of likely N-dealkylation sites (N-methyl/N-ethyl adjacent to an activating group) is 1. The number of nitrogens with two attached hydrogens (primary N) is 2. The van der Waals surface area contributed by atoms with Crippen molar-refractivity contribution in [1.29, 1.82) is 0 Å². The number of carbonyl (C=O) groups is 2. The molecule has 1 saturated heterocycles. The zero-order chi connectivity index (χ0) is 45.1. The second-order valence-corrected chi connectivity index (χ2v) is 17.6. The summed E-state index contributed by atoms with van der Waals surface area (Å²) in [6.07, 6.45) is -3.07. The number of aromatic nitrogens is 4. The third-order valence-corrected chi connectivity index (χ3v) is 13.7. The van der Waals surface area contributed by atoms with Crippen LogP contribution in [0, 0.1) is 0 Å². The van der Waals surface area contributed by atoms with Crippen molar-refractivity contribution in [1.82, 2.24) is 35.1 Å². The molecule has 3 heterocycles. The van der Waals surface area contributed by atoms with E-state index >= 15 is 4.57 Å². The molecule has 0 radical (unpaired) electrons. The average molecular weight is 887 g/mol. The molecule has 2 aromatic heterocycles. The number of carboxylic acids is 1. The van der Waals surface area contributed by atoms with Crippen LogP contribution in [0.15, 0.2) is 90.2 Å². The van der Waals surface area contributed by atoms with Gasteiger partial charge in [0.25, 0.3) is 5.91 Å². The minimum atomic E-state index is -3.81. The highest BCUT2D eigenvalue weighted by molar-refractivity contribution is 7.85. The summed E-state index contributed by atoms with van der Waals surface area (Å²) in [5.41, 5.74) is 12.8. The van der Waals surface area contributed by atoms with E-state index in [1.807, 2.05) is 31.0 Å². The third kappa shape index (κ3) is 10.6. The molecule has 3 aromatic carbocycles. The number of hydrogen-bond acceptors (Lipinski definition) is 16. The number of aliphatic hydroxyl groups is 2. The molecule has 336 valence electrons. The number of carbonyl (C=O) groups excluding carboxylic acids is 1. The van der Waals surface area contributed by atoms with Crippen LogP contribution >= 0.6 is 7.14 Å². The number of aliphatic carboxylic acids is 1. The van der Waals surface area contributed by atoms with Crippen molar-refractivity contribution in [2.75, 3.05) is 65.8 Å². The van der Waals surface area contributed by atoms with Gasteiger partial charge in [-0.2, -0.15) is 4.99 Å². The van der Waals surface area contributed by atoms with Crippen LogP contribution in [0.4, 0.5) is 11.8 Å². The number of rotatable bonds is 21. The summed E-state index contributed by atoms with van der Waals surface area (Å²) in [5, 5.41) is 39.5. The molecule has 1 aliphatic heterocycles. The maximum atomic E-state index is 16.0. The minimum Gasteiger partial charge on any atom is -0.480 e. The third-order valence-electron chi connectivity index (χ3n) is 10.6. The number of aliphatic hydroxyl groups excluding tert-OH is 2. The highest BCUT2D eigenvalue weighted by atomic mass is 31.2. The summed E-state index contributed by atoms with van der Waals surface area (Å²) in [6.45, 7) is 4.63. The minimum absolute atomic E-state index is 0.00350. The van der Waals surface area contributed by atoms with Crippen molar-refractivity contribution in [3.63, 3.8) is 0 Å². The van der Waals surface area contributed by atoms with Gasteiger partial charge in [-0.25, -0.2) is 15.0 Å². The summed E-state index contributed by atoms with van der Waals surface area (Å²) in [7, 11) is -0.610. The predicted molar refractivity (Wildman–Crippen MR) is 239 cm³/mol. The number of fused-ring (bicyclic) bond motifs is 1. The second-order valence-electron chi connectivity index (χ2n) is 14.9. The molecule has 1 amide bonds. The summed E-state index contributed by atoms with van der Waals surface area (Å²) >= 11 is 0. The lowest BCUT2D eigenvalue weighted by Crippen LogP contribution is -2.42. The van der Waals surface area contributed by atoms with E-state index in [-0.39, 0.29) is 71.4 Å². The van der Waals surface area contributed by atoms with Gasteiger partial charge in [-0.05, 0) is 44.6 Å². The molecule has 5 atom stereocenters. The van der Waals surface area contributed by atoms with E-state index in [0.717, 1.165) is 6.42 Å². The first-order valence-corrected chi connectivity index (χ1v) is 22.3. The molecule has 63 heavy (non-hydrogen) atoms. The number of hydrogen-bond donors (Lipinski definition) is 7. The number of benzene rings is 3. The second kappa shape index (κ2) is 21.6. The predicted octanol–water partition coefficient (Wildman–Crippen LogP) is 0.872. The van der Waals surface area contributed by atoms with Crippen molar-refractivity contribution in [2.45, 2.75) is 50.3 Å². The molecule has 0 bridgehead atoms. The number of nitrogens with zero attached hydrogens (tertiary/aromatic N) is 6. The Kier molecular flexibility index (Phi) is 16.1. The van der Waals surface area contributed by atoms with Crippen molar-refractivity contribution in [3.8, 4) is 0 Å². The van der Waals surface area contributed by atoms with Gasteiger partial charge in [-0.3, -0.25) is 14.2 Å². The van der Waals surface area contributed by atoms with Gasteiger partial charge in [0.2, 0.25) is 11.8 Å². The maximum absolute atomic E-state index is 16.0. The van der Waals surface area contributed by atoms with Crippen molar-refractivity contribution >= 4 is 63.8 Å². The van der Waals surface area contributed by atoms with E-state index in [1.54, 1.807) is 66.7 Å². The van der Waals surface area contributed by atoms with Gasteiger partial charge < -0.3 is 61.1 Å². The van der Waals surface area contributed by atoms with Gasteiger partial charge in [0.1, 0.15) is 30.7 Å². The molecule has 6 rings (SSSR count). The summed E-state index contributed by atoms with van der Waals surface area (Å²) in [6, 6.07) is 21.5. The zero-order valence-electron chi connectivity index (χ0n) is 35.4. The molecule has 0 saturated carbocycles. The standard InChI is InChI=1S/C43H55N10O9P/c1-4-20-52(21-17-31(44)42(57)58)25-32-35(54)36(55)41(62-32)53-38-34(37(45)48-26-49-38)50-43(53)51-40(60-3)30-16-15-27(39(56)47-19-23-61-22-18-46-2)24-33(30)63(59,28-11-7-5-8-12-28)29-13-9-6-10-14-29/h5-16,24,26,31-32,35-36,41,46,54-55H,4,17-23,25,44H2,1-3H3,(H,47,56)(H,57,58)(H2,45,48,49)/t31-,32+,35-,36?,41+/m0/s1. The molecule has 20 heteroatoms. The van der Waals surface area contributed by atoms with Crippen LogP contribution < -0.4 is 38.0 Å². The summed E-state index contributed by atoms with van der Waals surface area (Å²) in [4.78, 5) is 45.0. The van der Waals surface area contributed by atoms with E-state index in [4.69, 9.17) is 30.7 Å². The van der Waals surface area contributed by atoms with E-state index in [2.05, 4.69) is 25.6 Å². The number of nitrogen functional groups attached to an aromatic ring is 1. The highest BCUT2D eigenvalue weighted by Crippen LogP contribution is 2.44. The number of amides is 1. The molecule has 0 aliphatic carbocycles. The molecular formula is C43H55N10O9P. The Morgan fingerprint density at radius 2 is 1.68 bits per heavy atom. The zero-order valence-corrected chi connectivity index (χ0v) is 36.3. The fraction of sp³-hybridized carbons (Fsp3) is 0.395. The lowest BCUT2D eigenvalue weighted by Gasteiger charge is -2.26. The van der Waals surface area contributed by atoms with E-state index in [9.17, 15) is 24.9 Å². The van der Waals surface area contributed by atoms with Gasteiger partial charge in [-0.15, -0.1) is 0 Å². The number of anilines is 1. The van der Waals surface area contributed by atoms with Crippen molar-refractivity contribution in [2.24, 2.45) is 10.7 Å². The molecule has 1 unspecified atom stereocenters. The molecule has 19 nitrogen and oxygen atoms in total. The number of ether oxygens (including phenoxy) is 3. The topological polar surface area (TPSA) is 275 Å². The number of imidazole rings is 1. The van der Waals surface area contributed by atoms with Crippen LogP contribution in [-0.4, -0.2) is 142 Å². The Balaban J connectivity index is 1.46. The quantitative estimate of drug-likeness (QED) is 0.0233. The van der Waals surface area contributed by atoms with Crippen LogP contribution in [0.25, 0.3) is 11.2 Å². The first-order chi connectivity index (χ1) is 30.4. The summed E-state index contributed by atoms with van der Waals surface area (Å²) < 4.78 is 35.4. The Labute approximate surface area is 364 Å². The lowest BCUT2D eigenvalue weighted by atomic mass is 10.1. The van der Waals surface area contributed by atoms with Gasteiger partial charge in [-0.1, -0.05) is 67.6 Å². The first kappa shape index (κ1) is 46.9. The van der Waals surface area contributed by atoms with Gasteiger partial charge >= 0.3 is 5.97 Å². The highest BCUT2D eigenvalue weighted by Gasteiger charge is 2.46. The fourth-order valence-corrected chi connectivity index (χ4v) is 10.2. The Morgan fingerprint density at radius 3 is 2.32 bits per heavy atom. The number of nitrogens with one attached hydrogen (secondary N) is 2. The Hall–Kier alpha value is -5.63. The summed E-state index contributed by atoms with van der Waals surface area (Å²) in [5.74, 6) is -1.71. The largest absolute Gasteiger partial charge is 0.480 e. The monoisotopic (exact) mass is 886 g/mol. The maximum Gasteiger partial charge on any atom is 0.320 e. The van der Waals surface area contributed by atoms with Crippen LogP contribution in [-0.2, 0) is 23.6 Å². The molecular weight excluding hydrogens is 832 g/mol. The molecule has 9 N–H and O–H groups in total. The Morgan fingerprint density at radius 1 is 1.00 bits per heavy atom. The number of carboxylic acid groups (broad SMARTS) is 1. The van der Waals surface area contributed by atoms with Crippen LogP contribution in [0.1, 0.15) is 41.9 Å². The van der Waals surface area contributed by atoms with Crippen molar-refractivity contribution < 1.29 is 43.7 Å². The van der Waals surface area contributed by atoms with E-state index < -0.39 is 49.6 Å². The normalized spacial score (nSPS) is 18.5. The molecule has 5 aromatic rings. The molecule has 1 aliphatic rings. The van der Waals surface area contributed by atoms with Gasteiger partial charge in [0, 0.05) is 53.2 Å². The van der Waals surface area contributed by atoms with Crippen LogP contribution in [0.5, 0.6) is 0 Å². The number of aliphatic imine (C=N–C) groups is 1. The van der Waals surface area contributed by atoms with Gasteiger partial charge in [0.05, 0.1) is 20.3 Å². The Bertz CT molecular complexity index is 2360. The molecule has 1 fully saturated rings. The van der Waals surface area contributed by atoms with Crippen molar-refractivity contribution in [3.05, 3.63) is 96.3 Å². The fourth-order valence-electron chi connectivity index (χ4n) is 7.37. The molecule has 0 spiro atoms. The smallest absolute Gasteiger partial charge is 0.320 e. The first-order valence-electron chi connectivity index (χ1n) is 20.6. The SMILES string of the molecule is CCCN(CC[C@H](N)C(=O)O)C[C@H]1O[C@@H](n2c(N=C(OC)c3ccc(C(=O)NCCOCCNC)cc3P(=O)(c3ccccc3)c3ccccc3)nc3c(N)ncnc32)C(O)[C@H]1O. The van der Waals surface area contributed by atoms with Crippen LogP contribution in [0.3, 0.4) is 0 Å². The van der Waals surface area contributed by atoms with E-state index in [1.165, 1.54) is 18.0 Å². The number of methoxy groups -OCH3 is 1. The lowest BCUT2D eigenvalue weighted by molar-refractivity contribution is -0.138.